The van der Waals surface area contributed by atoms with Crippen molar-refractivity contribution in [2.45, 2.75) is 33.2 Å². The molecule has 31 heavy (non-hydrogen) atoms. The molecule has 162 valence electrons. The monoisotopic (exact) mass is 418 g/mol. The minimum atomic E-state index is -0.202. The van der Waals surface area contributed by atoms with E-state index in [-0.39, 0.29) is 17.4 Å². The maximum atomic E-state index is 13.1. The van der Waals surface area contributed by atoms with Crippen molar-refractivity contribution in [2.75, 3.05) is 18.4 Å². The number of aromatic nitrogens is 2. The third-order valence-electron chi connectivity index (χ3n) is 6.17. The molecular weight excluding hydrogens is 388 g/mol. The summed E-state index contributed by atoms with van der Waals surface area (Å²) in [6, 6.07) is 18.0. The van der Waals surface area contributed by atoms with Crippen molar-refractivity contribution in [3.63, 3.8) is 0 Å². The van der Waals surface area contributed by atoms with Crippen LogP contribution in [0.1, 0.15) is 29.7 Å². The first kappa shape index (κ1) is 21.1. The number of aryl methyl sites for hydroxylation is 1. The number of nitrogens with one attached hydrogen (secondary N) is 1. The standard InChI is InChI=1S/C25H30N4O2/c1-18-9-7-10-20(15-18)16-28-14-8-11-21(17-28)24(30)26-23-19(2)27(3)29(25(23)31)22-12-5-4-6-13-22/h4-7,9-10,12-13,15,21H,8,11,14,16-17H2,1-3H3,(H,26,30). The molecule has 1 saturated heterocycles. The van der Waals surface area contributed by atoms with Crippen LogP contribution in [0.4, 0.5) is 5.69 Å². The molecule has 6 heteroatoms. The number of rotatable bonds is 5. The van der Waals surface area contributed by atoms with E-state index in [0.717, 1.165) is 37.3 Å². The predicted octanol–water partition coefficient (Wildman–Crippen LogP) is 3.64. The number of nitrogens with zero attached hydrogens (tertiary/aromatic N) is 3. The fourth-order valence-corrected chi connectivity index (χ4v) is 4.42. The first-order valence-electron chi connectivity index (χ1n) is 10.9. The Balaban J connectivity index is 1.49. The van der Waals surface area contributed by atoms with Crippen LogP contribution in [-0.2, 0) is 18.4 Å². The van der Waals surface area contributed by atoms with E-state index in [1.807, 2.05) is 44.3 Å². The maximum absolute atomic E-state index is 13.1. The number of anilines is 1. The zero-order valence-corrected chi connectivity index (χ0v) is 18.5. The zero-order chi connectivity index (χ0) is 22.0. The smallest absolute Gasteiger partial charge is 0.295 e. The molecule has 1 aliphatic rings. The fraction of sp³-hybridized carbons (Fsp3) is 0.360. The van der Waals surface area contributed by atoms with Crippen LogP contribution >= 0.6 is 0 Å². The zero-order valence-electron chi connectivity index (χ0n) is 18.5. The molecule has 1 fully saturated rings. The summed E-state index contributed by atoms with van der Waals surface area (Å²) in [5, 5.41) is 2.95. The molecule has 2 heterocycles. The molecule has 1 atom stereocenters. The summed E-state index contributed by atoms with van der Waals surface area (Å²) < 4.78 is 3.38. The van der Waals surface area contributed by atoms with Crippen LogP contribution in [0.5, 0.6) is 0 Å². The highest BCUT2D eigenvalue weighted by molar-refractivity contribution is 5.93. The van der Waals surface area contributed by atoms with Crippen molar-refractivity contribution >= 4 is 11.6 Å². The van der Waals surface area contributed by atoms with Crippen molar-refractivity contribution in [2.24, 2.45) is 13.0 Å². The molecule has 3 aromatic rings. The van der Waals surface area contributed by atoms with Crippen molar-refractivity contribution < 1.29 is 4.79 Å². The van der Waals surface area contributed by atoms with Crippen LogP contribution in [0.25, 0.3) is 5.69 Å². The van der Waals surface area contributed by atoms with E-state index in [4.69, 9.17) is 0 Å². The lowest BCUT2D eigenvalue weighted by Crippen LogP contribution is -2.40. The van der Waals surface area contributed by atoms with Crippen molar-refractivity contribution in [1.29, 1.82) is 0 Å². The SMILES string of the molecule is Cc1cccc(CN2CCCC(C(=O)Nc3c(C)n(C)n(-c4ccccc4)c3=O)C2)c1. The maximum Gasteiger partial charge on any atom is 0.295 e. The number of benzene rings is 2. The van der Waals surface area contributed by atoms with Crippen LogP contribution in [0, 0.1) is 19.8 Å². The molecular formula is C25H30N4O2. The number of carbonyl (C=O) groups excluding carboxylic acids is 1. The van der Waals surface area contributed by atoms with E-state index in [9.17, 15) is 9.59 Å². The van der Waals surface area contributed by atoms with E-state index in [1.165, 1.54) is 11.1 Å². The van der Waals surface area contributed by atoms with E-state index in [1.54, 1.807) is 9.36 Å². The highest BCUT2D eigenvalue weighted by Gasteiger charge is 2.28. The van der Waals surface area contributed by atoms with Gasteiger partial charge in [0.2, 0.25) is 5.91 Å². The van der Waals surface area contributed by atoms with Crippen LogP contribution in [-0.4, -0.2) is 33.3 Å². The molecule has 0 bridgehead atoms. The first-order valence-corrected chi connectivity index (χ1v) is 10.9. The lowest BCUT2D eigenvalue weighted by molar-refractivity contribution is -0.121. The van der Waals surface area contributed by atoms with Crippen LogP contribution in [0.2, 0.25) is 0 Å². The molecule has 2 aromatic carbocycles. The Morgan fingerprint density at radius 1 is 1.10 bits per heavy atom. The second-order valence-corrected chi connectivity index (χ2v) is 8.49. The van der Waals surface area contributed by atoms with Gasteiger partial charge in [-0.3, -0.25) is 19.2 Å². The van der Waals surface area contributed by atoms with Gasteiger partial charge in [0.05, 0.1) is 17.3 Å². The highest BCUT2D eigenvalue weighted by Crippen LogP contribution is 2.21. The number of piperidine rings is 1. The minimum absolute atomic E-state index is 0.0695. The van der Waals surface area contributed by atoms with Gasteiger partial charge in [0, 0.05) is 20.1 Å². The van der Waals surface area contributed by atoms with E-state index in [2.05, 4.69) is 41.4 Å². The summed E-state index contributed by atoms with van der Waals surface area (Å²) >= 11 is 0. The average molecular weight is 419 g/mol. The van der Waals surface area contributed by atoms with Crippen molar-refractivity contribution in [1.82, 2.24) is 14.3 Å². The largest absolute Gasteiger partial charge is 0.320 e. The molecule has 1 N–H and O–H groups in total. The van der Waals surface area contributed by atoms with Gasteiger partial charge in [0.25, 0.3) is 5.56 Å². The fourth-order valence-electron chi connectivity index (χ4n) is 4.42. The topological polar surface area (TPSA) is 59.3 Å². The number of amides is 1. The average Bonchev–Trinajstić information content (AvgIpc) is 2.97. The summed E-state index contributed by atoms with van der Waals surface area (Å²) in [4.78, 5) is 28.5. The number of hydrogen-bond acceptors (Lipinski definition) is 3. The molecule has 0 radical (unpaired) electrons. The number of para-hydroxylation sites is 1. The molecule has 0 saturated carbocycles. The Bertz CT molecular complexity index is 1130. The van der Waals surface area contributed by atoms with Crippen LogP contribution < -0.4 is 10.9 Å². The van der Waals surface area contributed by atoms with E-state index < -0.39 is 0 Å². The summed E-state index contributed by atoms with van der Waals surface area (Å²) in [6.45, 7) is 6.50. The minimum Gasteiger partial charge on any atom is -0.320 e. The Morgan fingerprint density at radius 2 is 1.87 bits per heavy atom. The Hall–Kier alpha value is -3.12. The third kappa shape index (κ3) is 4.49. The molecule has 1 unspecified atom stereocenters. The highest BCUT2D eigenvalue weighted by atomic mass is 16.2. The second kappa shape index (κ2) is 8.94. The van der Waals surface area contributed by atoms with Gasteiger partial charge < -0.3 is 5.32 Å². The lowest BCUT2D eigenvalue weighted by atomic mass is 9.96. The molecule has 1 amide bonds. The quantitative estimate of drug-likeness (QED) is 0.688. The normalized spacial score (nSPS) is 16.9. The third-order valence-corrected chi connectivity index (χ3v) is 6.17. The summed E-state index contributed by atoms with van der Waals surface area (Å²) in [6.07, 6.45) is 1.82. The number of carbonyl (C=O) groups is 1. The van der Waals surface area contributed by atoms with Gasteiger partial charge in [0.1, 0.15) is 5.69 Å². The van der Waals surface area contributed by atoms with Crippen LogP contribution in [0.3, 0.4) is 0 Å². The van der Waals surface area contributed by atoms with Crippen molar-refractivity contribution in [3.05, 3.63) is 81.8 Å². The molecule has 0 aliphatic carbocycles. The molecule has 1 aromatic heterocycles. The van der Waals surface area contributed by atoms with Gasteiger partial charge >= 0.3 is 0 Å². The second-order valence-electron chi connectivity index (χ2n) is 8.49. The van der Waals surface area contributed by atoms with Gasteiger partial charge in [0.15, 0.2) is 0 Å². The lowest BCUT2D eigenvalue weighted by Gasteiger charge is -2.32. The van der Waals surface area contributed by atoms with Gasteiger partial charge in [-0.25, -0.2) is 4.68 Å². The molecule has 0 spiro atoms. The Morgan fingerprint density at radius 3 is 2.61 bits per heavy atom. The van der Waals surface area contributed by atoms with Gasteiger partial charge in [-0.1, -0.05) is 48.0 Å². The van der Waals surface area contributed by atoms with Gasteiger partial charge in [-0.05, 0) is 50.9 Å². The van der Waals surface area contributed by atoms with E-state index >= 15 is 0 Å². The number of hydrogen-bond donors (Lipinski definition) is 1. The summed E-state index contributed by atoms with van der Waals surface area (Å²) in [5.41, 5.74) is 4.21. The number of likely N-dealkylation sites (tertiary alicyclic amines) is 1. The van der Waals surface area contributed by atoms with Crippen LogP contribution in [0.15, 0.2) is 59.4 Å². The van der Waals surface area contributed by atoms with E-state index in [0.29, 0.717) is 12.2 Å². The predicted molar refractivity (Wildman–Crippen MR) is 124 cm³/mol. The Kier molecular flexibility index (Phi) is 6.09. The van der Waals surface area contributed by atoms with Crippen molar-refractivity contribution in [3.8, 4) is 5.69 Å². The molecule has 1 aliphatic heterocycles. The molecule has 4 rings (SSSR count). The Labute approximate surface area is 183 Å². The van der Waals surface area contributed by atoms with Gasteiger partial charge in [-0.2, -0.15) is 0 Å². The molecule has 6 nitrogen and oxygen atoms in total. The summed E-state index contributed by atoms with van der Waals surface area (Å²) in [7, 11) is 1.84. The van der Waals surface area contributed by atoms with Gasteiger partial charge in [-0.15, -0.1) is 0 Å². The summed E-state index contributed by atoms with van der Waals surface area (Å²) in [5.74, 6) is -0.192. The first-order chi connectivity index (χ1) is 14.9.